The standard InChI is InChI=1S/C9H7ClN2O/c1-13-7-5-8(10)12-6-3-2-4-11-9(6)7/h2-5H,1H3. The topological polar surface area (TPSA) is 35.0 Å². The lowest BCUT2D eigenvalue weighted by molar-refractivity contribution is 0.418. The number of ether oxygens (including phenoxy) is 1. The molecule has 0 aliphatic rings. The minimum Gasteiger partial charge on any atom is -0.494 e. The van der Waals surface area contributed by atoms with Gasteiger partial charge in [0.15, 0.2) is 0 Å². The smallest absolute Gasteiger partial charge is 0.149 e. The van der Waals surface area contributed by atoms with E-state index in [0.29, 0.717) is 10.9 Å². The lowest BCUT2D eigenvalue weighted by atomic mass is 10.3. The molecule has 0 amide bonds. The molecule has 0 N–H and O–H groups in total. The number of aromatic nitrogens is 2. The van der Waals surface area contributed by atoms with Crippen LogP contribution in [0.3, 0.4) is 0 Å². The fraction of sp³-hybridized carbons (Fsp3) is 0.111. The van der Waals surface area contributed by atoms with E-state index in [1.54, 1.807) is 19.4 Å². The molecule has 0 bridgehead atoms. The number of halogens is 1. The lowest BCUT2D eigenvalue weighted by Crippen LogP contribution is -1.89. The average Bonchev–Trinajstić information content (AvgIpc) is 2.16. The fourth-order valence-electron chi connectivity index (χ4n) is 1.16. The molecule has 0 spiro atoms. The molecule has 0 saturated carbocycles. The first-order valence-electron chi connectivity index (χ1n) is 3.76. The quantitative estimate of drug-likeness (QED) is 0.654. The van der Waals surface area contributed by atoms with Gasteiger partial charge in [-0.25, -0.2) is 4.98 Å². The van der Waals surface area contributed by atoms with Crippen molar-refractivity contribution in [1.29, 1.82) is 0 Å². The van der Waals surface area contributed by atoms with Crippen molar-refractivity contribution < 1.29 is 4.74 Å². The molecule has 2 rings (SSSR count). The van der Waals surface area contributed by atoms with Crippen LogP contribution in [0.1, 0.15) is 0 Å². The van der Waals surface area contributed by atoms with Crippen molar-refractivity contribution in [2.24, 2.45) is 0 Å². The van der Waals surface area contributed by atoms with Gasteiger partial charge < -0.3 is 4.74 Å². The number of rotatable bonds is 1. The molecular formula is C9H7ClN2O. The minimum absolute atomic E-state index is 0.414. The van der Waals surface area contributed by atoms with E-state index >= 15 is 0 Å². The van der Waals surface area contributed by atoms with Gasteiger partial charge in [0.1, 0.15) is 16.4 Å². The molecule has 2 aromatic heterocycles. The lowest BCUT2D eigenvalue weighted by Gasteiger charge is -2.03. The molecule has 0 aliphatic carbocycles. The fourth-order valence-corrected chi connectivity index (χ4v) is 1.35. The highest BCUT2D eigenvalue weighted by Crippen LogP contribution is 2.24. The third-order valence-corrected chi connectivity index (χ3v) is 1.91. The summed E-state index contributed by atoms with van der Waals surface area (Å²) >= 11 is 5.78. The molecule has 0 unspecified atom stereocenters. The van der Waals surface area contributed by atoms with Gasteiger partial charge in [-0.2, -0.15) is 0 Å². The van der Waals surface area contributed by atoms with E-state index in [4.69, 9.17) is 16.3 Å². The Morgan fingerprint density at radius 2 is 2.31 bits per heavy atom. The molecule has 66 valence electrons. The van der Waals surface area contributed by atoms with E-state index in [1.165, 1.54) is 0 Å². The molecule has 2 heterocycles. The predicted molar refractivity (Wildman–Crippen MR) is 51.1 cm³/mol. The molecule has 4 heteroatoms. The highest BCUT2D eigenvalue weighted by Gasteiger charge is 2.04. The van der Waals surface area contributed by atoms with Gasteiger partial charge in [-0.15, -0.1) is 0 Å². The molecule has 2 aromatic rings. The van der Waals surface area contributed by atoms with Crippen LogP contribution in [0.25, 0.3) is 11.0 Å². The molecule has 0 aromatic carbocycles. The Hall–Kier alpha value is -1.35. The summed E-state index contributed by atoms with van der Waals surface area (Å²) in [6.45, 7) is 0. The number of nitrogens with zero attached hydrogens (tertiary/aromatic N) is 2. The zero-order chi connectivity index (χ0) is 9.26. The summed E-state index contributed by atoms with van der Waals surface area (Å²) in [6, 6.07) is 5.30. The van der Waals surface area contributed by atoms with Gasteiger partial charge in [0.2, 0.25) is 0 Å². The van der Waals surface area contributed by atoms with Gasteiger partial charge in [-0.3, -0.25) is 4.98 Å². The summed E-state index contributed by atoms with van der Waals surface area (Å²) in [6.07, 6.45) is 1.69. The van der Waals surface area contributed by atoms with Gasteiger partial charge in [-0.1, -0.05) is 11.6 Å². The van der Waals surface area contributed by atoms with Crippen molar-refractivity contribution in [3.8, 4) is 5.75 Å². The summed E-state index contributed by atoms with van der Waals surface area (Å²) in [5.41, 5.74) is 1.47. The van der Waals surface area contributed by atoms with Gasteiger partial charge >= 0.3 is 0 Å². The Morgan fingerprint density at radius 3 is 3.08 bits per heavy atom. The van der Waals surface area contributed by atoms with E-state index in [-0.39, 0.29) is 0 Å². The number of methoxy groups -OCH3 is 1. The molecule has 3 nitrogen and oxygen atoms in total. The first-order valence-corrected chi connectivity index (χ1v) is 4.14. The SMILES string of the molecule is COc1cc(Cl)nc2cccnc12. The molecule has 13 heavy (non-hydrogen) atoms. The van der Waals surface area contributed by atoms with Crippen LogP contribution in [0.15, 0.2) is 24.4 Å². The van der Waals surface area contributed by atoms with Crippen molar-refractivity contribution in [1.82, 2.24) is 9.97 Å². The van der Waals surface area contributed by atoms with Gasteiger partial charge in [0.05, 0.1) is 12.6 Å². The highest BCUT2D eigenvalue weighted by atomic mass is 35.5. The van der Waals surface area contributed by atoms with E-state index < -0.39 is 0 Å². The maximum Gasteiger partial charge on any atom is 0.149 e. The summed E-state index contributed by atoms with van der Waals surface area (Å²) in [7, 11) is 1.58. The molecule has 0 radical (unpaired) electrons. The van der Waals surface area contributed by atoms with Crippen LogP contribution in [-0.4, -0.2) is 17.1 Å². The van der Waals surface area contributed by atoms with Gasteiger partial charge in [0.25, 0.3) is 0 Å². The number of fused-ring (bicyclic) bond motifs is 1. The number of pyridine rings is 2. The molecule has 0 saturated heterocycles. The maximum atomic E-state index is 5.78. The highest BCUT2D eigenvalue weighted by molar-refractivity contribution is 6.30. The van der Waals surface area contributed by atoms with Crippen LogP contribution in [0, 0.1) is 0 Å². The maximum absolute atomic E-state index is 5.78. The minimum atomic E-state index is 0.414. The Bertz CT molecular complexity index is 445. The van der Waals surface area contributed by atoms with Crippen molar-refractivity contribution in [2.45, 2.75) is 0 Å². The van der Waals surface area contributed by atoms with Gasteiger partial charge in [0, 0.05) is 12.3 Å². The molecule has 0 atom stereocenters. The second kappa shape index (κ2) is 3.18. The van der Waals surface area contributed by atoms with Crippen molar-refractivity contribution in [3.05, 3.63) is 29.5 Å². The summed E-state index contributed by atoms with van der Waals surface area (Å²) in [5, 5.41) is 0.414. The summed E-state index contributed by atoms with van der Waals surface area (Å²) < 4.78 is 5.12. The van der Waals surface area contributed by atoms with Crippen LogP contribution in [-0.2, 0) is 0 Å². The number of hydrogen-bond donors (Lipinski definition) is 0. The first kappa shape index (κ1) is 8.26. The number of hydrogen-bond acceptors (Lipinski definition) is 3. The Balaban J connectivity index is 2.81. The van der Waals surface area contributed by atoms with Crippen molar-refractivity contribution >= 4 is 22.6 Å². The van der Waals surface area contributed by atoms with E-state index in [0.717, 1.165) is 11.0 Å². The largest absolute Gasteiger partial charge is 0.494 e. The van der Waals surface area contributed by atoms with Crippen LogP contribution in [0.2, 0.25) is 5.15 Å². The third-order valence-electron chi connectivity index (χ3n) is 1.72. The van der Waals surface area contributed by atoms with Crippen LogP contribution >= 0.6 is 11.6 Å². The van der Waals surface area contributed by atoms with E-state index in [9.17, 15) is 0 Å². The van der Waals surface area contributed by atoms with Gasteiger partial charge in [-0.05, 0) is 12.1 Å². The van der Waals surface area contributed by atoms with E-state index in [2.05, 4.69) is 9.97 Å². The van der Waals surface area contributed by atoms with E-state index in [1.807, 2.05) is 12.1 Å². The molecule has 0 fully saturated rings. The van der Waals surface area contributed by atoms with Crippen LogP contribution in [0.5, 0.6) is 5.75 Å². The molecular weight excluding hydrogens is 188 g/mol. The monoisotopic (exact) mass is 194 g/mol. The zero-order valence-electron chi connectivity index (χ0n) is 6.99. The summed E-state index contributed by atoms with van der Waals surface area (Å²) in [5.74, 6) is 0.649. The third kappa shape index (κ3) is 1.42. The van der Waals surface area contributed by atoms with Crippen LogP contribution in [0.4, 0.5) is 0 Å². The Morgan fingerprint density at radius 1 is 1.46 bits per heavy atom. The molecule has 0 aliphatic heterocycles. The van der Waals surface area contributed by atoms with Crippen molar-refractivity contribution in [2.75, 3.05) is 7.11 Å². The second-order valence-electron chi connectivity index (χ2n) is 2.52. The zero-order valence-corrected chi connectivity index (χ0v) is 7.75. The second-order valence-corrected chi connectivity index (χ2v) is 2.91. The summed E-state index contributed by atoms with van der Waals surface area (Å²) in [4.78, 5) is 8.25. The normalized spacial score (nSPS) is 10.3. The Labute approximate surface area is 80.3 Å². The first-order chi connectivity index (χ1) is 6.31. The predicted octanol–water partition coefficient (Wildman–Crippen LogP) is 2.29. The Kier molecular flexibility index (Phi) is 2.02. The average molecular weight is 195 g/mol. The van der Waals surface area contributed by atoms with Crippen LogP contribution < -0.4 is 4.74 Å². The van der Waals surface area contributed by atoms with Crippen molar-refractivity contribution in [3.63, 3.8) is 0 Å².